The van der Waals surface area contributed by atoms with E-state index in [1.807, 2.05) is 14.1 Å². The third kappa shape index (κ3) is 3.60. The number of aromatic carboxylic acids is 1. The van der Waals surface area contributed by atoms with Crippen molar-refractivity contribution < 1.29 is 14.7 Å². The van der Waals surface area contributed by atoms with Crippen LogP contribution in [0.2, 0.25) is 0 Å². The fraction of sp³-hybridized carbons (Fsp3) is 0.571. The Bertz CT molecular complexity index is 506. The van der Waals surface area contributed by atoms with Crippen LogP contribution in [-0.2, 0) is 0 Å². The van der Waals surface area contributed by atoms with Crippen molar-refractivity contribution in [2.45, 2.75) is 20.3 Å². The van der Waals surface area contributed by atoms with Crippen molar-refractivity contribution in [2.24, 2.45) is 0 Å². The topological polar surface area (TPSA) is 76.6 Å². The fourth-order valence-electron chi connectivity index (χ4n) is 2.20. The summed E-state index contributed by atoms with van der Waals surface area (Å²) in [5.41, 5.74) is 1.66. The first-order chi connectivity index (χ1) is 9.25. The van der Waals surface area contributed by atoms with Crippen LogP contribution >= 0.6 is 0 Å². The minimum Gasteiger partial charge on any atom is -0.477 e. The molecule has 0 aromatic carbocycles. The Morgan fingerprint density at radius 3 is 2.20 bits per heavy atom. The van der Waals surface area contributed by atoms with Gasteiger partial charge in [0.25, 0.3) is 5.91 Å². The zero-order valence-corrected chi connectivity index (χ0v) is 12.8. The Labute approximate surface area is 119 Å². The molecule has 112 valence electrons. The van der Waals surface area contributed by atoms with Gasteiger partial charge < -0.3 is 19.9 Å². The lowest BCUT2D eigenvalue weighted by Crippen LogP contribution is -2.30. The summed E-state index contributed by atoms with van der Waals surface area (Å²) in [4.78, 5) is 29.9. The molecular formula is C14H23N3O3. The monoisotopic (exact) mass is 281 g/mol. The van der Waals surface area contributed by atoms with Gasteiger partial charge in [-0.25, -0.2) is 4.79 Å². The van der Waals surface area contributed by atoms with Crippen molar-refractivity contribution in [3.05, 3.63) is 22.5 Å². The van der Waals surface area contributed by atoms with Crippen molar-refractivity contribution in [1.29, 1.82) is 0 Å². The molecule has 1 aromatic rings. The van der Waals surface area contributed by atoms with Gasteiger partial charge in [-0.3, -0.25) is 4.79 Å². The largest absolute Gasteiger partial charge is 0.477 e. The van der Waals surface area contributed by atoms with Gasteiger partial charge in [0.05, 0.1) is 5.56 Å². The van der Waals surface area contributed by atoms with Crippen LogP contribution in [0, 0.1) is 13.8 Å². The van der Waals surface area contributed by atoms with E-state index >= 15 is 0 Å². The molecule has 6 heteroatoms. The second-order valence-corrected chi connectivity index (χ2v) is 5.31. The molecule has 20 heavy (non-hydrogen) atoms. The van der Waals surface area contributed by atoms with E-state index in [1.54, 1.807) is 25.8 Å². The summed E-state index contributed by atoms with van der Waals surface area (Å²) in [5.74, 6) is -1.18. The van der Waals surface area contributed by atoms with Crippen LogP contribution in [0.5, 0.6) is 0 Å². The summed E-state index contributed by atoms with van der Waals surface area (Å²) < 4.78 is 0. The maximum absolute atomic E-state index is 12.4. The van der Waals surface area contributed by atoms with Crippen LogP contribution < -0.4 is 0 Å². The van der Waals surface area contributed by atoms with Gasteiger partial charge in [-0.05, 0) is 46.5 Å². The van der Waals surface area contributed by atoms with Crippen molar-refractivity contribution in [3.63, 3.8) is 0 Å². The average Bonchev–Trinajstić information content (AvgIpc) is 2.63. The molecule has 0 radical (unpaired) electrons. The molecule has 0 saturated heterocycles. The van der Waals surface area contributed by atoms with E-state index < -0.39 is 5.97 Å². The predicted octanol–water partition coefficient (Wildman–Crippen LogP) is 1.35. The summed E-state index contributed by atoms with van der Waals surface area (Å²) in [5, 5.41) is 9.06. The minimum absolute atomic E-state index is 0.0903. The zero-order valence-electron chi connectivity index (χ0n) is 12.8. The summed E-state index contributed by atoms with van der Waals surface area (Å²) >= 11 is 0. The zero-order chi connectivity index (χ0) is 15.4. The Balaban J connectivity index is 2.84. The Kier molecular flexibility index (Phi) is 5.33. The SMILES string of the molecule is Cc1[nH]c(C(=O)O)c(C)c1C(=O)N(C)CCCN(C)C. The minimum atomic E-state index is -1.04. The molecule has 2 N–H and O–H groups in total. The highest BCUT2D eigenvalue weighted by molar-refractivity contribution is 6.00. The van der Waals surface area contributed by atoms with E-state index in [1.165, 1.54) is 0 Å². The highest BCUT2D eigenvalue weighted by Crippen LogP contribution is 2.19. The normalized spacial score (nSPS) is 10.9. The standard InChI is InChI=1S/C14H23N3O3/c1-9-11(10(2)15-12(9)14(19)20)13(18)17(5)8-6-7-16(3)4/h15H,6-8H2,1-5H3,(H,19,20). The summed E-state index contributed by atoms with van der Waals surface area (Å²) in [7, 11) is 5.72. The van der Waals surface area contributed by atoms with E-state index in [0.29, 0.717) is 23.4 Å². The number of rotatable bonds is 6. The van der Waals surface area contributed by atoms with Gasteiger partial charge in [0.1, 0.15) is 5.69 Å². The molecule has 0 saturated carbocycles. The lowest BCUT2D eigenvalue weighted by atomic mass is 10.1. The highest BCUT2D eigenvalue weighted by Gasteiger charge is 2.23. The molecule has 0 bridgehead atoms. The molecule has 1 rings (SSSR count). The third-order valence-corrected chi connectivity index (χ3v) is 3.31. The smallest absolute Gasteiger partial charge is 0.352 e. The number of carbonyl (C=O) groups is 2. The molecule has 0 aliphatic rings. The second-order valence-electron chi connectivity index (χ2n) is 5.31. The number of carboxylic acid groups (broad SMARTS) is 1. The molecule has 0 spiro atoms. The van der Waals surface area contributed by atoms with Gasteiger partial charge in [-0.15, -0.1) is 0 Å². The lowest BCUT2D eigenvalue weighted by Gasteiger charge is -2.19. The quantitative estimate of drug-likeness (QED) is 0.825. The second kappa shape index (κ2) is 6.56. The van der Waals surface area contributed by atoms with Crippen LogP contribution in [0.3, 0.4) is 0 Å². The van der Waals surface area contributed by atoms with Crippen molar-refractivity contribution in [3.8, 4) is 0 Å². The maximum atomic E-state index is 12.4. The first kappa shape index (κ1) is 16.2. The third-order valence-electron chi connectivity index (χ3n) is 3.31. The number of nitrogens with one attached hydrogen (secondary N) is 1. The molecule has 0 unspecified atom stereocenters. The van der Waals surface area contributed by atoms with E-state index in [2.05, 4.69) is 9.88 Å². The number of carboxylic acids is 1. The number of nitrogens with zero attached hydrogens (tertiary/aromatic N) is 2. The van der Waals surface area contributed by atoms with Crippen LogP contribution in [0.4, 0.5) is 0 Å². The van der Waals surface area contributed by atoms with Crippen molar-refractivity contribution in [1.82, 2.24) is 14.8 Å². The number of carbonyl (C=O) groups excluding carboxylic acids is 1. The van der Waals surface area contributed by atoms with Crippen molar-refractivity contribution >= 4 is 11.9 Å². The molecular weight excluding hydrogens is 258 g/mol. The molecule has 0 aliphatic heterocycles. The van der Waals surface area contributed by atoms with Crippen LogP contribution in [0.15, 0.2) is 0 Å². The van der Waals surface area contributed by atoms with Gasteiger partial charge in [0.15, 0.2) is 0 Å². The molecule has 0 fully saturated rings. The molecule has 1 aromatic heterocycles. The van der Waals surface area contributed by atoms with Gasteiger partial charge in [-0.2, -0.15) is 0 Å². The number of aromatic amines is 1. The number of aromatic nitrogens is 1. The Hall–Kier alpha value is -1.82. The van der Waals surface area contributed by atoms with E-state index in [9.17, 15) is 9.59 Å². The Morgan fingerprint density at radius 1 is 1.15 bits per heavy atom. The first-order valence-electron chi connectivity index (χ1n) is 6.58. The predicted molar refractivity (Wildman–Crippen MR) is 77.4 cm³/mol. The van der Waals surface area contributed by atoms with Crippen molar-refractivity contribution in [2.75, 3.05) is 34.2 Å². The fourth-order valence-corrected chi connectivity index (χ4v) is 2.20. The summed E-state index contributed by atoms with van der Waals surface area (Å²) in [6.07, 6.45) is 0.879. The average molecular weight is 281 g/mol. The van der Waals surface area contributed by atoms with Crippen LogP contribution in [-0.4, -0.2) is 66.0 Å². The molecule has 1 heterocycles. The number of hydrogen-bond acceptors (Lipinski definition) is 3. The van der Waals surface area contributed by atoms with Gasteiger partial charge in [0.2, 0.25) is 0 Å². The van der Waals surface area contributed by atoms with Gasteiger partial charge >= 0.3 is 5.97 Å². The number of amides is 1. The van der Waals surface area contributed by atoms with E-state index in [4.69, 9.17) is 5.11 Å². The summed E-state index contributed by atoms with van der Waals surface area (Å²) in [6.45, 7) is 4.93. The number of hydrogen-bond donors (Lipinski definition) is 2. The molecule has 0 atom stereocenters. The molecule has 0 aliphatic carbocycles. The molecule has 6 nitrogen and oxygen atoms in total. The summed E-state index contributed by atoms with van der Waals surface area (Å²) in [6, 6.07) is 0. The van der Waals surface area contributed by atoms with E-state index in [0.717, 1.165) is 13.0 Å². The highest BCUT2D eigenvalue weighted by atomic mass is 16.4. The first-order valence-corrected chi connectivity index (χ1v) is 6.58. The lowest BCUT2D eigenvalue weighted by molar-refractivity contribution is 0.0690. The molecule has 1 amide bonds. The van der Waals surface area contributed by atoms with Crippen LogP contribution in [0.1, 0.15) is 38.5 Å². The number of H-pyrrole nitrogens is 1. The maximum Gasteiger partial charge on any atom is 0.352 e. The van der Waals surface area contributed by atoms with E-state index in [-0.39, 0.29) is 11.6 Å². The number of aryl methyl sites for hydroxylation is 1. The van der Waals surface area contributed by atoms with Crippen LogP contribution in [0.25, 0.3) is 0 Å². The van der Waals surface area contributed by atoms with Gasteiger partial charge in [0, 0.05) is 19.3 Å². The Morgan fingerprint density at radius 2 is 1.75 bits per heavy atom. The van der Waals surface area contributed by atoms with Gasteiger partial charge in [-0.1, -0.05) is 0 Å².